The van der Waals surface area contributed by atoms with Crippen LogP contribution in [0.4, 0.5) is 5.82 Å². The molecule has 0 saturated heterocycles. The maximum Gasteiger partial charge on any atom is 0.171 e. The minimum Gasteiger partial charge on any atom is -0.359 e. The van der Waals surface area contributed by atoms with Crippen molar-refractivity contribution in [3.63, 3.8) is 0 Å². The van der Waals surface area contributed by atoms with Crippen LogP contribution in [0.2, 0.25) is 16.6 Å². The van der Waals surface area contributed by atoms with Crippen molar-refractivity contribution < 1.29 is 0 Å². The molecule has 1 aliphatic rings. The molecule has 5 nitrogen and oxygen atoms in total. The zero-order valence-corrected chi connectivity index (χ0v) is 24.3. The Hall–Kier alpha value is -3.51. The Balaban J connectivity index is 1.42. The second kappa shape index (κ2) is 9.35. The molecule has 2 aromatic carbocycles. The lowest BCUT2D eigenvalue weighted by Crippen LogP contribution is -2.51. The number of hydrogen-bond acceptors (Lipinski definition) is 4. The fourth-order valence-corrected chi connectivity index (χ4v) is 13.8. The second-order valence-corrected chi connectivity index (χ2v) is 17.4. The molecule has 6 rings (SSSR count). The summed E-state index contributed by atoms with van der Waals surface area (Å²) in [7, 11) is -1.87. The molecule has 4 heterocycles. The summed E-state index contributed by atoms with van der Waals surface area (Å²) in [6.45, 7) is 16.2. The molecule has 38 heavy (non-hydrogen) atoms. The molecule has 1 aliphatic heterocycles. The predicted octanol–water partition coefficient (Wildman–Crippen LogP) is 8.19. The molecular weight excluding hydrogens is 482 g/mol. The first-order valence-corrected chi connectivity index (χ1v) is 16.0. The monoisotopic (exact) mass is 519 g/mol. The van der Waals surface area contributed by atoms with E-state index in [2.05, 4.69) is 123 Å². The highest BCUT2D eigenvalue weighted by Gasteiger charge is 2.46. The van der Waals surface area contributed by atoms with Gasteiger partial charge in [-0.25, -0.2) is 15.0 Å². The standard InChI is InChI=1S/C32H37N5Si/c1-21(2)38(22(3)4,23(5)6)37-14-13-25-15-28(17-33-31(25)37)24-11-12-30-29(16-24)32(35-20-34-30)36-18-26-9-7-8-10-27(26)19-36/h7-17,20-23H,18-19H2,1-6H3. The first kappa shape index (κ1) is 24.8. The summed E-state index contributed by atoms with van der Waals surface area (Å²) in [5, 5.41) is 2.29. The Morgan fingerprint density at radius 1 is 0.737 bits per heavy atom. The van der Waals surface area contributed by atoms with E-state index in [0.717, 1.165) is 46.6 Å². The summed E-state index contributed by atoms with van der Waals surface area (Å²) in [5.41, 5.74) is 8.97. The molecule has 0 radical (unpaired) electrons. The largest absolute Gasteiger partial charge is 0.359 e. The van der Waals surface area contributed by atoms with Crippen molar-refractivity contribution in [2.75, 3.05) is 4.90 Å². The summed E-state index contributed by atoms with van der Waals surface area (Å²) in [6, 6.07) is 19.7. The normalized spacial score (nSPS) is 14.0. The molecule has 0 fully saturated rings. The van der Waals surface area contributed by atoms with Crippen molar-refractivity contribution in [3.05, 3.63) is 84.4 Å². The average Bonchev–Trinajstić information content (AvgIpc) is 3.52. The Labute approximate surface area is 226 Å². The summed E-state index contributed by atoms with van der Waals surface area (Å²) in [4.78, 5) is 16.8. The van der Waals surface area contributed by atoms with Gasteiger partial charge in [-0.15, -0.1) is 0 Å². The molecule has 0 amide bonds. The molecule has 6 heteroatoms. The lowest BCUT2D eigenvalue weighted by molar-refractivity contribution is 0.770. The van der Waals surface area contributed by atoms with Crippen LogP contribution in [0.3, 0.4) is 0 Å². The molecule has 0 N–H and O–H groups in total. The van der Waals surface area contributed by atoms with Gasteiger partial charge in [0.25, 0.3) is 0 Å². The van der Waals surface area contributed by atoms with Crippen LogP contribution in [0, 0.1) is 0 Å². The number of rotatable bonds is 6. The minimum absolute atomic E-state index is 0.621. The van der Waals surface area contributed by atoms with Crippen molar-refractivity contribution in [1.82, 2.24) is 19.2 Å². The topological polar surface area (TPSA) is 46.8 Å². The third-order valence-electron chi connectivity index (χ3n) is 8.81. The first-order chi connectivity index (χ1) is 18.3. The van der Waals surface area contributed by atoms with Gasteiger partial charge in [0.2, 0.25) is 0 Å². The second-order valence-electron chi connectivity index (χ2n) is 11.7. The number of hydrogen-bond donors (Lipinski definition) is 0. The molecule has 0 aliphatic carbocycles. The highest BCUT2D eigenvalue weighted by atomic mass is 28.3. The fourth-order valence-electron chi connectivity index (χ4n) is 7.29. The van der Waals surface area contributed by atoms with Crippen LogP contribution in [0.15, 0.2) is 73.3 Å². The number of benzene rings is 2. The lowest BCUT2D eigenvalue weighted by atomic mass is 10.0. The zero-order valence-electron chi connectivity index (χ0n) is 23.3. The zero-order chi connectivity index (χ0) is 26.6. The maximum atomic E-state index is 5.09. The van der Waals surface area contributed by atoms with Gasteiger partial charge < -0.3 is 9.13 Å². The smallest absolute Gasteiger partial charge is 0.171 e. The van der Waals surface area contributed by atoms with Gasteiger partial charge in [-0.3, -0.25) is 0 Å². The van der Waals surface area contributed by atoms with E-state index in [9.17, 15) is 0 Å². The Bertz CT molecular complexity index is 1590. The number of nitrogens with zero attached hydrogens (tertiary/aromatic N) is 5. The van der Waals surface area contributed by atoms with Crippen molar-refractivity contribution >= 4 is 36.0 Å². The summed E-state index contributed by atoms with van der Waals surface area (Å²) in [5.74, 6) is 0.995. The van der Waals surface area contributed by atoms with Gasteiger partial charge >= 0.3 is 0 Å². The van der Waals surface area contributed by atoms with Gasteiger partial charge in [-0.2, -0.15) is 0 Å². The molecule has 3 aromatic heterocycles. The third-order valence-corrected chi connectivity index (χ3v) is 15.6. The lowest BCUT2D eigenvalue weighted by Gasteiger charge is -2.44. The Morgan fingerprint density at radius 3 is 2.08 bits per heavy atom. The van der Waals surface area contributed by atoms with E-state index in [1.807, 2.05) is 0 Å². The van der Waals surface area contributed by atoms with Crippen LogP contribution in [-0.4, -0.2) is 27.4 Å². The highest BCUT2D eigenvalue weighted by molar-refractivity contribution is 6.82. The number of anilines is 1. The number of aromatic nitrogens is 4. The van der Waals surface area contributed by atoms with Gasteiger partial charge in [-0.05, 0) is 63.8 Å². The van der Waals surface area contributed by atoms with Crippen molar-refractivity contribution in [2.24, 2.45) is 0 Å². The molecule has 0 bridgehead atoms. The van der Waals surface area contributed by atoms with Gasteiger partial charge in [0.05, 0.1) is 5.52 Å². The maximum absolute atomic E-state index is 5.09. The van der Waals surface area contributed by atoms with Crippen molar-refractivity contribution in [1.29, 1.82) is 0 Å². The van der Waals surface area contributed by atoms with E-state index in [1.54, 1.807) is 6.33 Å². The van der Waals surface area contributed by atoms with Crippen LogP contribution in [0.1, 0.15) is 52.7 Å². The third kappa shape index (κ3) is 3.77. The van der Waals surface area contributed by atoms with Crippen molar-refractivity contribution in [3.8, 4) is 11.1 Å². The first-order valence-electron chi connectivity index (χ1n) is 13.8. The number of fused-ring (bicyclic) bond motifs is 3. The van der Waals surface area contributed by atoms with Gasteiger partial charge in [0.15, 0.2) is 8.24 Å². The molecule has 0 saturated carbocycles. The van der Waals surface area contributed by atoms with E-state index >= 15 is 0 Å². The fraction of sp³-hybridized carbons (Fsp3) is 0.344. The van der Waals surface area contributed by atoms with Gasteiger partial charge in [-0.1, -0.05) is 71.9 Å². The van der Waals surface area contributed by atoms with Crippen LogP contribution in [0.5, 0.6) is 0 Å². The molecule has 194 valence electrons. The summed E-state index contributed by atoms with van der Waals surface area (Å²) in [6.07, 6.45) is 6.05. The van der Waals surface area contributed by atoms with Crippen molar-refractivity contribution in [2.45, 2.75) is 71.3 Å². The summed E-state index contributed by atoms with van der Waals surface area (Å²) >= 11 is 0. The quantitative estimate of drug-likeness (QED) is 0.212. The summed E-state index contributed by atoms with van der Waals surface area (Å²) < 4.78 is 2.59. The van der Waals surface area contributed by atoms with Gasteiger partial charge in [0.1, 0.15) is 17.8 Å². The molecule has 5 aromatic rings. The van der Waals surface area contributed by atoms with Crippen LogP contribution in [0.25, 0.3) is 33.1 Å². The van der Waals surface area contributed by atoms with Crippen LogP contribution in [-0.2, 0) is 13.1 Å². The molecule has 0 spiro atoms. The van der Waals surface area contributed by atoms with E-state index in [-0.39, 0.29) is 0 Å². The van der Waals surface area contributed by atoms with E-state index in [4.69, 9.17) is 9.97 Å². The van der Waals surface area contributed by atoms with E-state index < -0.39 is 8.24 Å². The highest BCUT2D eigenvalue weighted by Crippen LogP contribution is 2.44. The molecule has 0 atom stereocenters. The Kier molecular flexibility index (Phi) is 6.10. The van der Waals surface area contributed by atoms with E-state index in [0.29, 0.717) is 16.6 Å². The average molecular weight is 520 g/mol. The minimum atomic E-state index is -1.87. The van der Waals surface area contributed by atoms with E-state index in [1.165, 1.54) is 16.5 Å². The van der Waals surface area contributed by atoms with Crippen LogP contribution >= 0.6 is 0 Å². The molecule has 0 unspecified atom stereocenters. The van der Waals surface area contributed by atoms with Gasteiger partial charge in [0, 0.05) is 35.6 Å². The predicted molar refractivity (Wildman–Crippen MR) is 161 cm³/mol. The molecular formula is C32H37N5Si. The SMILES string of the molecule is CC(C)[Si](C(C)C)(C(C)C)n1ccc2cc(-c3ccc4ncnc(N5Cc6ccccc6C5)c4c3)cnc21. The van der Waals surface area contributed by atoms with Crippen LogP contribution < -0.4 is 4.90 Å². The number of pyridine rings is 1. The Morgan fingerprint density at radius 2 is 1.42 bits per heavy atom.